The highest BCUT2D eigenvalue weighted by Gasteiger charge is 2.27. The molecule has 118 valence electrons. The first-order valence-corrected chi connectivity index (χ1v) is 8.02. The Kier molecular flexibility index (Phi) is 6.49. The molecule has 1 aromatic rings. The fourth-order valence-electron chi connectivity index (χ4n) is 2.49. The van der Waals surface area contributed by atoms with Gasteiger partial charge in [0.1, 0.15) is 18.5 Å². The van der Waals surface area contributed by atoms with E-state index in [0.717, 1.165) is 37.0 Å². The molecule has 0 bridgehead atoms. The van der Waals surface area contributed by atoms with Crippen molar-refractivity contribution in [1.29, 1.82) is 0 Å². The van der Waals surface area contributed by atoms with E-state index in [0.29, 0.717) is 13.2 Å². The lowest BCUT2D eigenvalue weighted by molar-refractivity contribution is 0.105. The zero-order valence-electron chi connectivity index (χ0n) is 13.2. The van der Waals surface area contributed by atoms with Gasteiger partial charge in [0.2, 0.25) is 0 Å². The first-order valence-electron chi connectivity index (χ1n) is 8.02. The molecule has 0 amide bonds. The number of hydrogen-bond acceptors (Lipinski definition) is 4. The maximum Gasteiger partial charge on any atom is 0.122 e. The summed E-state index contributed by atoms with van der Waals surface area (Å²) in [4.78, 5) is 2.50. The lowest BCUT2D eigenvalue weighted by atomic mass is 10.2. The number of ether oxygens (including phenoxy) is 1. The summed E-state index contributed by atoms with van der Waals surface area (Å²) in [5.74, 6) is 0.849. The second-order valence-corrected chi connectivity index (χ2v) is 5.79. The van der Waals surface area contributed by atoms with Gasteiger partial charge in [-0.3, -0.25) is 4.90 Å². The molecule has 1 saturated carbocycles. The van der Waals surface area contributed by atoms with Crippen LogP contribution in [0, 0.1) is 6.92 Å². The zero-order chi connectivity index (χ0) is 15.1. The van der Waals surface area contributed by atoms with Crippen molar-refractivity contribution in [2.24, 2.45) is 0 Å². The van der Waals surface area contributed by atoms with Crippen LogP contribution in [0.5, 0.6) is 5.75 Å². The SMILES string of the molecule is CCN(CCNCC(O)COc1ccccc1C)C1CC1. The summed E-state index contributed by atoms with van der Waals surface area (Å²) in [5, 5.41) is 13.3. The van der Waals surface area contributed by atoms with Crippen molar-refractivity contribution in [1.82, 2.24) is 10.2 Å². The summed E-state index contributed by atoms with van der Waals surface area (Å²) in [6.07, 6.45) is 2.22. The van der Waals surface area contributed by atoms with E-state index in [4.69, 9.17) is 4.74 Å². The van der Waals surface area contributed by atoms with Crippen LogP contribution >= 0.6 is 0 Å². The van der Waals surface area contributed by atoms with Gasteiger partial charge in [-0.1, -0.05) is 25.1 Å². The quantitative estimate of drug-likeness (QED) is 0.646. The van der Waals surface area contributed by atoms with E-state index in [1.807, 2.05) is 31.2 Å². The molecule has 0 aliphatic heterocycles. The Morgan fingerprint density at radius 3 is 2.81 bits per heavy atom. The normalized spacial score (nSPS) is 16.2. The first-order chi connectivity index (χ1) is 10.2. The van der Waals surface area contributed by atoms with Gasteiger partial charge < -0.3 is 15.2 Å². The molecule has 0 spiro atoms. The number of aliphatic hydroxyl groups excluding tert-OH is 1. The minimum Gasteiger partial charge on any atom is -0.491 e. The molecular formula is C17H28N2O2. The number of hydrogen-bond donors (Lipinski definition) is 2. The summed E-state index contributed by atoms with van der Waals surface area (Å²) in [5.41, 5.74) is 1.10. The van der Waals surface area contributed by atoms with Crippen molar-refractivity contribution in [3.05, 3.63) is 29.8 Å². The molecule has 21 heavy (non-hydrogen) atoms. The molecule has 0 heterocycles. The third kappa shape index (κ3) is 5.65. The Morgan fingerprint density at radius 2 is 2.14 bits per heavy atom. The van der Waals surface area contributed by atoms with E-state index < -0.39 is 6.10 Å². The predicted octanol–water partition coefficient (Wildman–Crippen LogP) is 1.81. The molecule has 1 fully saturated rings. The topological polar surface area (TPSA) is 44.7 Å². The van der Waals surface area contributed by atoms with Crippen LogP contribution < -0.4 is 10.1 Å². The highest BCUT2D eigenvalue weighted by molar-refractivity contribution is 5.31. The Hall–Kier alpha value is -1.10. The molecule has 0 aromatic heterocycles. The standard InChI is InChI=1S/C17H28N2O2/c1-3-19(15-8-9-15)11-10-18-12-16(20)13-21-17-7-5-4-6-14(17)2/h4-7,15-16,18,20H,3,8-13H2,1-2H3. The van der Waals surface area contributed by atoms with Crippen LogP contribution in [0.4, 0.5) is 0 Å². The Bertz CT molecular complexity index is 421. The number of aliphatic hydroxyl groups is 1. The fraction of sp³-hybridized carbons (Fsp3) is 0.647. The summed E-state index contributed by atoms with van der Waals surface area (Å²) in [7, 11) is 0. The summed E-state index contributed by atoms with van der Waals surface area (Å²) >= 11 is 0. The average Bonchev–Trinajstić information content (AvgIpc) is 3.31. The van der Waals surface area contributed by atoms with E-state index >= 15 is 0 Å². The van der Waals surface area contributed by atoms with Gasteiger partial charge in [0.15, 0.2) is 0 Å². The maximum atomic E-state index is 9.94. The van der Waals surface area contributed by atoms with Crippen molar-refractivity contribution in [2.75, 3.05) is 32.8 Å². The highest BCUT2D eigenvalue weighted by Crippen LogP contribution is 2.25. The smallest absolute Gasteiger partial charge is 0.122 e. The lowest BCUT2D eigenvalue weighted by Gasteiger charge is -2.20. The Labute approximate surface area is 128 Å². The number of nitrogens with one attached hydrogen (secondary N) is 1. The average molecular weight is 292 g/mol. The second kappa shape index (κ2) is 8.37. The van der Waals surface area contributed by atoms with E-state index in [1.54, 1.807) is 0 Å². The molecule has 0 saturated heterocycles. The minimum absolute atomic E-state index is 0.331. The van der Waals surface area contributed by atoms with E-state index in [-0.39, 0.29) is 0 Å². The summed E-state index contributed by atoms with van der Waals surface area (Å²) in [6.45, 7) is 8.23. The Balaban J connectivity index is 1.57. The number of aryl methyl sites for hydroxylation is 1. The monoisotopic (exact) mass is 292 g/mol. The van der Waals surface area contributed by atoms with Crippen molar-refractivity contribution < 1.29 is 9.84 Å². The minimum atomic E-state index is -0.472. The lowest BCUT2D eigenvalue weighted by Crippen LogP contribution is -2.38. The zero-order valence-corrected chi connectivity index (χ0v) is 13.2. The molecule has 1 aromatic carbocycles. The van der Waals surface area contributed by atoms with Crippen LogP contribution in [0.15, 0.2) is 24.3 Å². The van der Waals surface area contributed by atoms with Gasteiger partial charge in [-0.15, -0.1) is 0 Å². The van der Waals surface area contributed by atoms with E-state index in [9.17, 15) is 5.11 Å². The molecule has 1 aliphatic rings. The summed E-state index contributed by atoms with van der Waals surface area (Å²) in [6, 6.07) is 8.69. The van der Waals surface area contributed by atoms with Gasteiger partial charge in [-0.05, 0) is 37.9 Å². The number of likely N-dealkylation sites (N-methyl/N-ethyl adjacent to an activating group) is 1. The van der Waals surface area contributed by atoms with Gasteiger partial charge in [0.05, 0.1) is 0 Å². The van der Waals surface area contributed by atoms with Crippen LogP contribution in [0.2, 0.25) is 0 Å². The predicted molar refractivity (Wildman–Crippen MR) is 85.8 cm³/mol. The second-order valence-electron chi connectivity index (χ2n) is 5.79. The van der Waals surface area contributed by atoms with Gasteiger partial charge in [0, 0.05) is 25.7 Å². The van der Waals surface area contributed by atoms with Crippen LogP contribution in [-0.2, 0) is 0 Å². The van der Waals surface area contributed by atoms with Crippen LogP contribution in [-0.4, -0.2) is 54.9 Å². The number of benzene rings is 1. The van der Waals surface area contributed by atoms with Gasteiger partial charge >= 0.3 is 0 Å². The first kappa shape index (κ1) is 16.3. The molecule has 1 aliphatic carbocycles. The van der Waals surface area contributed by atoms with Gasteiger partial charge in [-0.25, -0.2) is 0 Å². The number of para-hydroxylation sites is 1. The van der Waals surface area contributed by atoms with Crippen LogP contribution in [0.25, 0.3) is 0 Å². The van der Waals surface area contributed by atoms with Crippen molar-refractivity contribution >= 4 is 0 Å². The molecule has 1 atom stereocenters. The van der Waals surface area contributed by atoms with Gasteiger partial charge in [-0.2, -0.15) is 0 Å². The van der Waals surface area contributed by atoms with Crippen LogP contribution in [0.1, 0.15) is 25.3 Å². The molecule has 0 radical (unpaired) electrons. The molecule has 4 heteroatoms. The van der Waals surface area contributed by atoms with E-state index in [1.165, 1.54) is 12.8 Å². The highest BCUT2D eigenvalue weighted by atomic mass is 16.5. The third-order valence-corrected chi connectivity index (χ3v) is 3.95. The summed E-state index contributed by atoms with van der Waals surface area (Å²) < 4.78 is 5.65. The van der Waals surface area contributed by atoms with E-state index in [2.05, 4.69) is 17.1 Å². The molecule has 2 rings (SSSR count). The fourth-order valence-corrected chi connectivity index (χ4v) is 2.49. The van der Waals surface area contributed by atoms with Gasteiger partial charge in [0.25, 0.3) is 0 Å². The molecular weight excluding hydrogens is 264 g/mol. The maximum absolute atomic E-state index is 9.94. The van der Waals surface area contributed by atoms with Crippen molar-refractivity contribution in [2.45, 2.75) is 38.8 Å². The Morgan fingerprint density at radius 1 is 1.38 bits per heavy atom. The largest absolute Gasteiger partial charge is 0.491 e. The third-order valence-electron chi connectivity index (χ3n) is 3.95. The molecule has 4 nitrogen and oxygen atoms in total. The molecule has 2 N–H and O–H groups in total. The number of rotatable bonds is 10. The number of nitrogens with zero attached hydrogens (tertiary/aromatic N) is 1. The van der Waals surface area contributed by atoms with Crippen molar-refractivity contribution in [3.8, 4) is 5.75 Å². The van der Waals surface area contributed by atoms with Crippen LogP contribution in [0.3, 0.4) is 0 Å². The van der Waals surface area contributed by atoms with Crippen molar-refractivity contribution in [3.63, 3.8) is 0 Å². The molecule has 1 unspecified atom stereocenters.